The first kappa shape index (κ1) is 19.4. The summed E-state index contributed by atoms with van der Waals surface area (Å²) >= 11 is 0. The molecule has 8 nitrogen and oxygen atoms in total. The van der Waals surface area contributed by atoms with E-state index in [1.807, 2.05) is 0 Å². The lowest BCUT2D eigenvalue weighted by Crippen LogP contribution is -2.02. The Balaban J connectivity index is 2.16. The maximum atomic E-state index is 11.8. The van der Waals surface area contributed by atoms with Crippen LogP contribution in [0.3, 0.4) is 0 Å². The van der Waals surface area contributed by atoms with Gasteiger partial charge in [-0.25, -0.2) is 14.4 Å². The summed E-state index contributed by atoms with van der Waals surface area (Å²) in [5.41, 5.74) is 0.439. The number of hydrogen-bond acceptors (Lipinski definition) is 5. The number of rotatable bonds is 5. The van der Waals surface area contributed by atoms with Crippen molar-refractivity contribution in [3.05, 3.63) is 71.3 Å². The quantitative estimate of drug-likeness (QED) is 0.441. The first-order valence-electron chi connectivity index (χ1n) is 8.19. The predicted octanol–water partition coefficient (Wildman–Crippen LogP) is 3.53. The minimum absolute atomic E-state index is 0.144. The molecule has 0 saturated heterocycles. The smallest absolute Gasteiger partial charge is 0.339 e. The van der Waals surface area contributed by atoms with Crippen molar-refractivity contribution in [2.24, 2.45) is 0 Å². The molecule has 0 heterocycles. The Hall–Kier alpha value is -4.33. The molecule has 3 rings (SSSR count). The highest BCUT2D eigenvalue weighted by Crippen LogP contribution is 2.33. The highest BCUT2D eigenvalue weighted by Gasteiger charge is 2.18. The second-order valence-electron chi connectivity index (χ2n) is 6.14. The highest BCUT2D eigenvalue weighted by atomic mass is 16.4. The Morgan fingerprint density at radius 2 is 0.897 bits per heavy atom. The van der Waals surface area contributed by atoms with Gasteiger partial charge in [-0.05, 0) is 52.6 Å². The number of phenols is 2. The summed E-state index contributed by atoms with van der Waals surface area (Å²) in [4.78, 5) is 34.2. The molecule has 29 heavy (non-hydrogen) atoms. The van der Waals surface area contributed by atoms with Crippen LogP contribution >= 0.6 is 0 Å². The van der Waals surface area contributed by atoms with E-state index >= 15 is 0 Å². The second-order valence-corrected chi connectivity index (χ2v) is 6.14. The van der Waals surface area contributed by atoms with E-state index in [2.05, 4.69) is 0 Å². The van der Waals surface area contributed by atoms with E-state index in [1.165, 1.54) is 42.5 Å². The third-order valence-corrected chi connectivity index (χ3v) is 4.35. The molecule has 8 heteroatoms. The average molecular weight is 394 g/mol. The first-order chi connectivity index (χ1) is 13.7. The summed E-state index contributed by atoms with van der Waals surface area (Å²) in [6.45, 7) is 0. The Morgan fingerprint density at radius 1 is 0.517 bits per heavy atom. The fourth-order valence-corrected chi connectivity index (χ4v) is 2.91. The molecule has 3 aromatic rings. The van der Waals surface area contributed by atoms with Gasteiger partial charge < -0.3 is 25.5 Å². The minimum Gasteiger partial charge on any atom is -0.507 e. The zero-order valence-corrected chi connectivity index (χ0v) is 14.7. The third kappa shape index (κ3) is 3.72. The fourth-order valence-electron chi connectivity index (χ4n) is 2.91. The molecule has 0 saturated carbocycles. The van der Waals surface area contributed by atoms with Gasteiger partial charge >= 0.3 is 17.9 Å². The maximum Gasteiger partial charge on any atom is 0.339 e. The van der Waals surface area contributed by atoms with Gasteiger partial charge in [0.1, 0.15) is 22.6 Å². The molecule has 0 amide bonds. The lowest BCUT2D eigenvalue weighted by molar-refractivity contribution is 0.0682. The van der Waals surface area contributed by atoms with Gasteiger partial charge in [0.05, 0.1) is 5.56 Å². The number of carboxylic acids is 3. The molecule has 0 aliphatic rings. The molecular weight excluding hydrogens is 380 g/mol. The van der Waals surface area contributed by atoms with Gasteiger partial charge in [-0.1, -0.05) is 24.3 Å². The van der Waals surface area contributed by atoms with Crippen LogP contribution in [0.1, 0.15) is 31.1 Å². The van der Waals surface area contributed by atoms with E-state index in [-0.39, 0.29) is 27.8 Å². The molecule has 0 aliphatic carbocycles. The van der Waals surface area contributed by atoms with Crippen molar-refractivity contribution in [3.63, 3.8) is 0 Å². The van der Waals surface area contributed by atoms with E-state index in [0.717, 1.165) is 6.07 Å². The number of aromatic carboxylic acids is 3. The molecule has 3 aromatic carbocycles. The molecule has 5 N–H and O–H groups in total. The standard InChI is InChI=1S/C21H14O8/c22-17-5-2-11(8-15(17)20(26)27)10-1-4-13(14(7-10)19(24)25)12-3-6-18(23)16(9-12)21(28)29/h1-9,22-23H,(H,24,25)(H,26,27)(H,28,29). The number of benzene rings is 3. The van der Waals surface area contributed by atoms with Crippen LogP contribution in [0.2, 0.25) is 0 Å². The largest absolute Gasteiger partial charge is 0.507 e. The Bertz CT molecular complexity index is 1160. The third-order valence-electron chi connectivity index (χ3n) is 4.35. The summed E-state index contributed by atoms with van der Waals surface area (Å²) in [5.74, 6) is -4.82. The van der Waals surface area contributed by atoms with Gasteiger partial charge in [-0.2, -0.15) is 0 Å². The van der Waals surface area contributed by atoms with Crippen molar-refractivity contribution < 1.29 is 39.9 Å². The first-order valence-corrected chi connectivity index (χ1v) is 8.19. The van der Waals surface area contributed by atoms with Crippen LogP contribution in [0.4, 0.5) is 0 Å². The van der Waals surface area contributed by atoms with Gasteiger partial charge in [0.2, 0.25) is 0 Å². The second kappa shape index (κ2) is 7.35. The van der Waals surface area contributed by atoms with E-state index in [0.29, 0.717) is 11.1 Å². The highest BCUT2D eigenvalue weighted by molar-refractivity contribution is 6.00. The molecule has 0 bridgehead atoms. The van der Waals surface area contributed by atoms with Gasteiger partial charge in [0, 0.05) is 0 Å². The Labute approximate surface area is 163 Å². The van der Waals surface area contributed by atoms with Crippen molar-refractivity contribution in [3.8, 4) is 33.8 Å². The van der Waals surface area contributed by atoms with Gasteiger partial charge in [-0.15, -0.1) is 0 Å². The van der Waals surface area contributed by atoms with Crippen LogP contribution in [0.5, 0.6) is 11.5 Å². The van der Waals surface area contributed by atoms with Crippen molar-refractivity contribution in [2.45, 2.75) is 0 Å². The van der Waals surface area contributed by atoms with Crippen LogP contribution in [0.25, 0.3) is 22.3 Å². The zero-order chi connectivity index (χ0) is 21.3. The lowest BCUT2D eigenvalue weighted by atomic mass is 9.93. The topological polar surface area (TPSA) is 152 Å². The molecule has 0 radical (unpaired) electrons. The predicted molar refractivity (Wildman–Crippen MR) is 102 cm³/mol. The van der Waals surface area contributed by atoms with Gasteiger partial charge in [-0.3, -0.25) is 0 Å². The summed E-state index contributed by atoms with van der Waals surface area (Å²) in [5, 5.41) is 47.2. The van der Waals surface area contributed by atoms with Crippen LogP contribution in [-0.4, -0.2) is 43.4 Å². The SMILES string of the molecule is O=C(O)c1cc(-c2ccc(-c3ccc(O)c(C(=O)O)c3)c(C(=O)O)c2)ccc1O. The van der Waals surface area contributed by atoms with Crippen molar-refractivity contribution in [1.82, 2.24) is 0 Å². The number of aromatic hydroxyl groups is 2. The van der Waals surface area contributed by atoms with E-state index < -0.39 is 29.4 Å². The van der Waals surface area contributed by atoms with Crippen molar-refractivity contribution >= 4 is 17.9 Å². The lowest BCUT2D eigenvalue weighted by Gasteiger charge is -2.11. The number of carbonyl (C=O) groups is 3. The normalized spacial score (nSPS) is 10.5. The minimum atomic E-state index is -1.36. The zero-order valence-electron chi connectivity index (χ0n) is 14.7. The maximum absolute atomic E-state index is 11.8. The van der Waals surface area contributed by atoms with Crippen molar-refractivity contribution in [2.75, 3.05) is 0 Å². The monoisotopic (exact) mass is 394 g/mol. The molecular formula is C21H14O8. The summed E-state index contributed by atoms with van der Waals surface area (Å²) < 4.78 is 0. The average Bonchev–Trinajstić information content (AvgIpc) is 2.68. The van der Waals surface area contributed by atoms with Gasteiger partial charge in [0.15, 0.2) is 0 Å². The Morgan fingerprint density at radius 3 is 1.38 bits per heavy atom. The Kier molecular flexibility index (Phi) is 4.93. The van der Waals surface area contributed by atoms with Crippen LogP contribution < -0.4 is 0 Å². The molecule has 0 spiro atoms. The van der Waals surface area contributed by atoms with E-state index in [9.17, 15) is 29.7 Å². The molecule has 0 aromatic heterocycles. The van der Waals surface area contributed by atoms with E-state index in [4.69, 9.17) is 10.2 Å². The van der Waals surface area contributed by atoms with Crippen LogP contribution in [-0.2, 0) is 0 Å². The van der Waals surface area contributed by atoms with Gasteiger partial charge in [0.25, 0.3) is 0 Å². The number of hydrogen-bond donors (Lipinski definition) is 5. The van der Waals surface area contributed by atoms with Crippen LogP contribution in [0, 0.1) is 0 Å². The molecule has 0 fully saturated rings. The molecule has 0 unspecified atom stereocenters. The number of carboxylic acid groups (broad SMARTS) is 3. The summed E-state index contributed by atoms with van der Waals surface area (Å²) in [6.07, 6.45) is 0. The summed E-state index contributed by atoms with van der Waals surface area (Å²) in [7, 11) is 0. The summed E-state index contributed by atoms with van der Waals surface area (Å²) in [6, 6.07) is 11.9. The fraction of sp³-hybridized carbons (Fsp3) is 0. The molecule has 0 aliphatic heterocycles. The van der Waals surface area contributed by atoms with Crippen LogP contribution in [0.15, 0.2) is 54.6 Å². The van der Waals surface area contributed by atoms with E-state index in [1.54, 1.807) is 6.07 Å². The molecule has 0 atom stereocenters. The van der Waals surface area contributed by atoms with Crippen molar-refractivity contribution in [1.29, 1.82) is 0 Å². The molecule has 146 valence electrons.